The Balaban J connectivity index is 2.28. The van der Waals surface area contributed by atoms with Crippen molar-refractivity contribution in [2.24, 2.45) is 5.41 Å². The van der Waals surface area contributed by atoms with Crippen molar-refractivity contribution in [3.05, 3.63) is 0 Å². The van der Waals surface area contributed by atoms with Gasteiger partial charge in [-0.15, -0.1) is 10.2 Å². The van der Waals surface area contributed by atoms with E-state index in [1.807, 2.05) is 0 Å². The molecule has 1 aliphatic heterocycles. The quantitative estimate of drug-likeness (QED) is 0.840. The maximum absolute atomic E-state index is 12.1. The normalized spacial score (nSPS) is 21.4. The molecule has 0 aromatic carbocycles. The summed E-state index contributed by atoms with van der Waals surface area (Å²) in [6, 6.07) is 0. The van der Waals surface area contributed by atoms with Crippen LogP contribution in [0.15, 0.2) is 4.34 Å². The van der Waals surface area contributed by atoms with Gasteiger partial charge in [0.05, 0.1) is 0 Å². The Morgan fingerprint density at radius 2 is 2.12 bits per heavy atom. The summed E-state index contributed by atoms with van der Waals surface area (Å²) in [6.45, 7) is 5.16. The minimum absolute atomic E-state index is 0.0114. The lowest BCUT2D eigenvalue weighted by molar-refractivity contribution is 0.375. The van der Waals surface area contributed by atoms with Crippen molar-refractivity contribution < 1.29 is 8.42 Å². The molecule has 0 saturated carbocycles. The molecule has 0 radical (unpaired) electrons. The fraction of sp³-hybridized carbons (Fsp3) is 0.750. The van der Waals surface area contributed by atoms with Crippen LogP contribution in [0.3, 0.4) is 0 Å². The molecule has 90 valence electrons. The van der Waals surface area contributed by atoms with Gasteiger partial charge in [0.1, 0.15) is 0 Å². The number of rotatable bonds is 2. The largest absolute Gasteiger partial charge is 0.374 e. The van der Waals surface area contributed by atoms with Gasteiger partial charge in [0.15, 0.2) is 0 Å². The van der Waals surface area contributed by atoms with E-state index in [4.69, 9.17) is 5.73 Å². The molecular weight excluding hydrogens is 248 g/mol. The van der Waals surface area contributed by atoms with Crippen LogP contribution in [-0.2, 0) is 10.0 Å². The number of aromatic nitrogens is 2. The molecule has 8 heteroatoms. The third-order valence-corrected chi connectivity index (χ3v) is 5.57. The minimum atomic E-state index is -3.49. The molecule has 16 heavy (non-hydrogen) atoms. The van der Waals surface area contributed by atoms with Crippen molar-refractivity contribution in [2.45, 2.75) is 24.6 Å². The second-order valence-corrected chi connectivity index (χ2v) is 7.78. The zero-order chi connectivity index (χ0) is 12.0. The van der Waals surface area contributed by atoms with E-state index in [-0.39, 0.29) is 14.9 Å². The Hall–Kier alpha value is -0.730. The number of nitrogens with zero attached hydrogens (tertiary/aromatic N) is 3. The molecule has 0 spiro atoms. The van der Waals surface area contributed by atoms with Crippen LogP contribution in [0.25, 0.3) is 0 Å². The molecular formula is C8H14N4O2S2. The zero-order valence-electron chi connectivity index (χ0n) is 9.17. The highest BCUT2D eigenvalue weighted by Crippen LogP contribution is 2.33. The van der Waals surface area contributed by atoms with E-state index >= 15 is 0 Å². The monoisotopic (exact) mass is 262 g/mol. The summed E-state index contributed by atoms with van der Waals surface area (Å²) in [5, 5.41) is 7.30. The first-order valence-electron chi connectivity index (χ1n) is 4.90. The first kappa shape index (κ1) is 11.7. The van der Waals surface area contributed by atoms with Crippen molar-refractivity contribution in [3.63, 3.8) is 0 Å². The first-order chi connectivity index (χ1) is 7.31. The smallest absolute Gasteiger partial charge is 0.272 e. The number of nitrogens with two attached hydrogens (primary N) is 1. The number of anilines is 1. The topological polar surface area (TPSA) is 89.2 Å². The van der Waals surface area contributed by atoms with E-state index in [1.54, 1.807) is 0 Å². The van der Waals surface area contributed by atoms with Crippen LogP contribution in [0, 0.1) is 5.41 Å². The van der Waals surface area contributed by atoms with Gasteiger partial charge < -0.3 is 5.73 Å². The molecule has 1 aromatic heterocycles. The molecule has 0 aliphatic carbocycles. The van der Waals surface area contributed by atoms with Gasteiger partial charge in [0.25, 0.3) is 10.0 Å². The lowest BCUT2D eigenvalue weighted by atomic mass is 9.93. The van der Waals surface area contributed by atoms with E-state index in [0.717, 1.165) is 17.8 Å². The zero-order valence-corrected chi connectivity index (χ0v) is 10.8. The van der Waals surface area contributed by atoms with Crippen LogP contribution in [-0.4, -0.2) is 36.0 Å². The van der Waals surface area contributed by atoms with E-state index in [9.17, 15) is 8.42 Å². The molecule has 2 heterocycles. The predicted octanol–water partition coefficient (Wildman–Crippen LogP) is 0.541. The van der Waals surface area contributed by atoms with Crippen molar-refractivity contribution in [2.75, 3.05) is 18.8 Å². The molecule has 0 bridgehead atoms. The number of hydrogen-bond donors (Lipinski definition) is 1. The SMILES string of the molecule is CC1(C)CCN(S(=O)(=O)c2nnc(N)s2)C1. The van der Waals surface area contributed by atoms with Crippen LogP contribution in [0.5, 0.6) is 0 Å². The molecule has 0 unspecified atom stereocenters. The van der Waals surface area contributed by atoms with Crippen LogP contribution >= 0.6 is 11.3 Å². The fourth-order valence-corrected chi connectivity index (χ4v) is 4.25. The highest BCUT2D eigenvalue weighted by Gasteiger charge is 2.38. The second kappa shape index (κ2) is 3.64. The van der Waals surface area contributed by atoms with E-state index in [0.29, 0.717) is 13.1 Å². The Kier molecular flexibility index (Phi) is 2.67. The molecule has 1 fully saturated rings. The van der Waals surface area contributed by atoms with Crippen molar-refractivity contribution in [1.82, 2.24) is 14.5 Å². The van der Waals surface area contributed by atoms with Crippen LogP contribution < -0.4 is 5.73 Å². The maximum atomic E-state index is 12.1. The average molecular weight is 262 g/mol. The Bertz CT molecular complexity index is 494. The standard InChI is InChI=1S/C8H14N4O2S2/c1-8(2)3-4-12(5-8)16(13,14)7-11-10-6(9)15-7/h3-5H2,1-2H3,(H2,9,10). The summed E-state index contributed by atoms with van der Waals surface area (Å²) in [6.07, 6.45) is 0.862. The van der Waals surface area contributed by atoms with Crippen LogP contribution in [0.2, 0.25) is 0 Å². The Morgan fingerprint density at radius 3 is 2.56 bits per heavy atom. The minimum Gasteiger partial charge on any atom is -0.374 e. The summed E-state index contributed by atoms with van der Waals surface area (Å²) in [5.41, 5.74) is 5.42. The van der Waals surface area contributed by atoms with Crippen molar-refractivity contribution in [3.8, 4) is 0 Å². The predicted molar refractivity (Wildman–Crippen MR) is 61.5 cm³/mol. The third kappa shape index (κ3) is 2.04. The summed E-state index contributed by atoms with van der Waals surface area (Å²) in [5.74, 6) is 0. The lowest BCUT2D eigenvalue weighted by Gasteiger charge is -2.18. The number of sulfonamides is 1. The van der Waals surface area contributed by atoms with Crippen LogP contribution in [0.4, 0.5) is 5.13 Å². The summed E-state index contributed by atoms with van der Waals surface area (Å²) in [4.78, 5) is 0. The third-order valence-electron chi connectivity index (χ3n) is 2.63. The Morgan fingerprint density at radius 1 is 1.44 bits per heavy atom. The number of nitrogen functional groups attached to an aromatic ring is 1. The van der Waals surface area contributed by atoms with Gasteiger partial charge in [-0.2, -0.15) is 4.31 Å². The first-order valence-corrected chi connectivity index (χ1v) is 7.16. The van der Waals surface area contributed by atoms with Gasteiger partial charge in [-0.1, -0.05) is 25.2 Å². The highest BCUT2D eigenvalue weighted by molar-refractivity contribution is 7.91. The fourth-order valence-electron chi connectivity index (χ4n) is 1.70. The van der Waals surface area contributed by atoms with Gasteiger partial charge in [0, 0.05) is 13.1 Å². The average Bonchev–Trinajstić information content (AvgIpc) is 2.72. The maximum Gasteiger partial charge on any atom is 0.272 e. The molecule has 0 amide bonds. The van der Waals surface area contributed by atoms with E-state index in [1.165, 1.54) is 4.31 Å². The second-order valence-electron chi connectivity index (χ2n) is 4.66. The Labute approximate surface area is 98.5 Å². The molecule has 1 aliphatic rings. The van der Waals surface area contributed by atoms with Crippen molar-refractivity contribution >= 4 is 26.5 Å². The molecule has 1 aromatic rings. The molecule has 6 nitrogen and oxygen atoms in total. The van der Waals surface area contributed by atoms with E-state index in [2.05, 4.69) is 24.0 Å². The van der Waals surface area contributed by atoms with Gasteiger partial charge in [0.2, 0.25) is 9.47 Å². The molecule has 1 saturated heterocycles. The summed E-state index contributed by atoms with van der Waals surface area (Å²) < 4.78 is 25.7. The highest BCUT2D eigenvalue weighted by atomic mass is 32.2. The number of hydrogen-bond acceptors (Lipinski definition) is 6. The molecule has 2 N–H and O–H groups in total. The van der Waals surface area contributed by atoms with E-state index < -0.39 is 10.0 Å². The van der Waals surface area contributed by atoms with Gasteiger partial charge in [-0.25, -0.2) is 8.42 Å². The van der Waals surface area contributed by atoms with Gasteiger partial charge in [-0.05, 0) is 11.8 Å². The van der Waals surface area contributed by atoms with Crippen LogP contribution in [0.1, 0.15) is 20.3 Å². The molecule has 2 rings (SSSR count). The van der Waals surface area contributed by atoms with Gasteiger partial charge in [-0.3, -0.25) is 0 Å². The molecule has 0 atom stereocenters. The van der Waals surface area contributed by atoms with Gasteiger partial charge >= 0.3 is 0 Å². The summed E-state index contributed by atoms with van der Waals surface area (Å²) >= 11 is 0.908. The van der Waals surface area contributed by atoms with Crippen molar-refractivity contribution in [1.29, 1.82) is 0 Å². The summed E-state index contributed by atoms with van der Waals surface area (Å²) in [7, 11) is -3.49. The lowest BCUT2D eigenvalue weighted by Crippen LogP contribution is -2.30.